The van der Waals surface area contributed by atoms with Crippen molar-refractivity contribution in [1.82, 2.24) is 15.3 Å². The Kier molecular flexibility index (Phi) is 18.2. The van der Waals surface area contributed by atoms with Gasteiger partial charge in [-0.25, -0.2) is 9.97 Å². The predicted molar refractivity (Wildman–Crippen MR) is 223 cm³/mol. The molecule has 3 aromatic rings. The number of hydrogen-bond acceptors (Lipinski definition) is 11. The summed E-state index contributed by atoms with van der Waals surface area (Å²) in [5, 5.41) is 3.07. The average molecular weight is 833 g/mol. The summed E-state index contributed by atoms with van der Waals surface area (Å²) in [6.45, 7) is 3.60. The Morgan fingerprint density at radius 2 is 1.29 bits per heavy atom. The zero-order valence-electron chi connectivity index (χ0n) is 32.5. The lowest BCUT2D eigenvalue weighted by Gasteiger charge is -2.45. The Morgan fingerprint density at radius 3 is 1.77 bits per heavy atom. The van der Waals surface area contributed by atoms with Gasteiger partial charge in [0.05, 0.1) is 32.2 Å². The van der Waals surface area contributed by atoms with E-state index in [0.29, 0.717) is 48.7 Å². The second-order valence-electron chi connectivity index (χ2n) is 14.6. The van der Waals surface area contributed by atoms with Gasteiger partial charge < -0.3 is 30.7 Å². The van der Waals surface area contributed by atoms with Gasteiger partial charge >= 0.3 is 0 Å². The number of ketones is 2. The molecule has 0 saturated carbocycles. The number of likely N-dealkylation sites (tertiary alicyclic amines) is 1. The largest absolute Gasteiger partial charge is 0.486 e. The summed E-state index contributed by atoms with van der Waals surface area (Å²) >= 11 is 6.06. The lowest BCUT2D eigenvalue weighted by Crippen LogP contribution is -2.60. The van der Waals surface area contributed by atoms with Gasteiger partial charge in [0.2, 0.25) is 0 Å². The first kappa shape index (κ1) is 44.8. The first-order valence-corrected chi connectivity index (χ1v) is 23.0. The first-order valence-electron chi connectivity index (χ1n) is 19.1. The summed E-state index contributed by atoms with van der Waals surface area (Å²) in [5.41, 5.74) is 14.0. The molecule has 1 amide bonds. The van der Waals surface area contributed by atoms with Crippen molar-refractivity contribution in [2.75, 3.05) is 74.9 Å². The van der Waals surface area contributed by atoms with E-state index in [2.05, 4.69) is 15.3 Å². The van der Waals surface area contributed by atoms with Crippen LogP contribution in [0.4, 0.5) is 11.6 Å². The summed E-state index contributed by atoms with van der Waals surface area (Å²) < 4.78 is 34.7. The predicted octanol–water partition coefficient (Wildman–Crippen LogP) is 4.48. The maximum absolute atomic E-state index is 13.3. The Hall–Kier alpha value is -3.92. The van der Waals surface area contributed by atoms with Crippen molar-refractivity contribution in [2.45, 2.75) is 70.3 Å². The van der Waals surface area contributed by atoms with Crippen molar-refractivity contribution in [2.24, 2.45) is 0 Å². The highest BCUT2D eigenvalue weighted by Crippen LogP contribution is 2.25. The second kappa shape index (κ2) is 22.7. The highest BCUT2D eigenvalue weighted by Gasteiger charge is 2.35. The molecule has 0 spiro atoms. The number of nitrogens with zero attached hydrogens (tertiary/aromatic N) is 3. The van der Waals surface area contributed by atoms with Crippen molar-refractivity contribution in [3.63, 3.8) is 0 Å². The quantitative estimate of drug-likeness (QED) is 0.108. The standard InChI is InChI=1S/C40H55ClN6O7S2/c1-55(51)24-6-11-32(48)27-53-34-17-13-29(14-18-34)8-3-21-47(23-5-10-31(26-47)44-40(50)36-38(42)46-39(43)37(41)45-36)22-4-9-30-15-19-35(20-16-30)54-28-33(49)12-7-25-56(2)52/h13-20,31H,3-12,21-28H2,1-2H3,(H4-,42,43,44,46,50)/p+1/t31-,47?,55?,56?/m0/s1. The van der Waals surface area contributed by atoms with Gasteiger partial charge in [0.15, 0.2) is 34.0 Å². The van der Waals surface area contributed by atoms with E-state index < -0.39 is 27.5 Å². The molecule has 0 radical (unpaired) electrons. The maximum Gasteiger partial charge on any atom is 0.274 e. The number of nitrogens with one attached hydrogen (secondary N) is 1. The Bertz CT molecular complexity index is 1730. The second-order valence-corrected chi connectivity index (χ2v) is 18.0. The summed E-state index contributed by atoms with van der Waals surface area (Å²) in [5.74, 6) is 1.78. The van der Waals surface area contributed by atoms with Crippen molar-refractivity contribution >= 4 is 62.3 Å². The van der Waals surface area contributed by atoms with Crippen LogP contribution in [0.3, 0.4) is 0 Å². The molecule has 16 heteroatoms. The number of aryl methyl sites for hydroxylation is 2. The lowest BCUT2D eigenvalue weighted by atomic mass is 9.99. The topological polar surface area (TPSA) is 194 Å². The van der Waals surface area contributed by atoms with Gasteiger partial charge in [-0.05, 0) is 73.9 Å². The Morgan fingerprint density at radius 1 is 0.786 bits per heavy atom. The van der Waals surface area contributed by atoms with E-state index in [1.165, 1.54) is 11.1 Å². The molecule has 2 unspecified atom stereocenters. The third-order valence-electron chi connectivity index (χ3n) is 9.86. The van der Waals surface area contributed by atoms with Crippen LogP contribution in [0.1, 0.15) is 73.0 Å². The molecular weight excluding hydrogens is 776 g/mol. The number of piperidine rings is 1. The number of aromatic nitrogens is 2. The average Bonchev–Trinajstić information content (AvgIpc) is 3.15. The highest BCUT2D eigenvalue weighted by molar-refractivity contribution is 7.84. The summed E-state index contributed by atoms with van der Waals surface area (Å²) in [4.78, 5) is 45.6. The molecule has 306 valence electrons. The number of nitrogen functional groups attached to an aromatic ring is 2. The van der Waals surface area contributed by atoms with Crippen LogP contribution in [0.2, 0.25) is 5.15 Å². The number of quaternary nitrogens is 1. The SMILES string of the molecule is CS(=O)CCCC(=O)COc1ccc(CCC[N+]2(CCCc3ccc(OCC(=O)CCCS(C)=O)cc3)CCC[C@H](NC(=O)c3nc(Cl)c(N)nc3N)C2)cc1. The fourth-order valence-electron chi connectivity index (χ4n) is 6.98. The summed E-state index contributed by atoms with van der Waals surface area (Å²) in [7, 11) is -1.81. The van der Waals surface area contributed by atoms with Crippen LogP contribution in [0.15, 0.2) is 48.5 Å². The van der Waals surface area contributed by atoms with Gasteiger partial charge in [0.25, 0.3) is 5.91 Å². The van der Waals surface area contributed by atoms with Crippen LogP contribution in [0.25, 0.3) is 0 Å². The third-order valence-corrected chi connectivity index (χ3v) is 11.9. The maximum atomic E-state index is 13.3. The molecule has 0 aliphatic carbocycles. The molecule has 4 rings (SSSR count). The number of carbonyl (C=O) groups excluding carboxylic acids is 3. The van der Waals surface area contributed by atoms with Crippen LogP contribution >= 0.6 is 11.6 Å². The van der Waals surface area contributed by atoms with Gasteiger partial charge in [-0.2, -0.15) is 0 Å². The molecule has 1 aliphatic rings. The lowest BCUT2D eigenvalue weighted by molar-refractivity contribution is -0.933. The number of halogens is 1. The fraction of sp³-hybridized carbons (Fsp3) is 0.525. The van der Waals surface area contributed by atoms with Crippen LogP contribution in [0.5, 0.6) is 11.5 Å². The molecule has 1 fully saturated rings. The van der Waals surface area contributed by atoms with Crippen LogP contribution in [-0.2, 0) is 44.0 Å². The van der Waals surface area contributed by atoms with E-state index in [0.717, 1.165) is 69.2 Å². The number of rotatable bonds is 24. The van der Waals surface area contributed by atoms with Crippen LogP contribution in [0, 0.1) is 0 Å². The van der Waals surface area contributed by atoms with E-state index in [-0.39, 0.29) is 53.3 Å². The van der Waals surface area contributed by atoms with E-state index in [9.17, 15) is 22.8 Å². The molecular formula is C40H56ClN6O7S2+. The molecule has 1 aromatic heterocycles. The van der Waals surface area contributed by atoms with E-state index >= 15 is 0 Å². The number of anilines is 2. The normalized spacial score (nSPS) is 17.8. The van der Waals surface area contributed by atoms with E-state index in [1.807, 2.05) is 48.5 Å². The molecule has 1 saturated heterocycles. The van der Waals surface area contributed by atoms with Gasteiger partial charge in [-0.3, -0.25) is 22.8 Å². The molecule has 2 heterocycles. The van der Waals surface area contributed by atoms with Gasteiger partial charge in [-0.1, -0.05) is 35.9 Å². The van der Waals surface area contributed by atoms with E-state index in [4.69, 9.17) is 32.5 Å². The van der Waals surface area contributed by atoms with E-state index in [1.54, 1.807) is 12.5 Å². The van der Waals surface area contributed by atoms with Crippen molar-refractivity contribution in [1.29, 1.82) is 0 Å². The smallest absolute Gasteiger partial charge is 0.274 e. The Labute approximate surface area is 340 Å². The first-order chi connectivity index (χ1) is 26.8. The number of Topliss-reactive ketones (excluding diaryl/α,β-unsaturated/α-hetero) is 2. The molecule has 5 N–H and O–H groups in total. The zero-order chi connectivity index (χ0) is 40.5. The fourth-order valence-corrected chi connectivity index (χ4v) is 8.21. The number of benzene rings is 2. The number of nitrogens with two attached hydrogens (primary N) is 2. The highest BCUT2D eigenvalue weighted by atomic mass is 35.5. The third kappa shape index (κ3) is 15.5. The molecule has 2 aromatic carbocycles. The van der Waals surface area contributed by atoms with Gasteiger partial charge in [0.1, 0.15) is 24.7 Å². The molecule has 3 atom stereocenters. The summed E-state index contributed by atoms with van der Waals surface area (Å²) in [6, 6.07) is 15.6. The molecule has 1 aliphatic heterocycles. The number of carbonyl (C=O) groups is 3. The minimum absolute atomic E-state index is 0.00166. The zero-order valence-corrected chi connectivity index (χ0v) is 34.9. The molecule has 0 bridgehead atoms. The van der Waals surface area contributed by atoms with Crippen molar-refractivity contribution in [3.05, 3.63) is 70.5 Å². The van der Waals surface area contributed by atoms with Crippen molar-refractivity contribution < 1.29 is 36.8 Å². The van der Waals surface area contributed by atoms with Crippen LogP contribution < -0.4 is 26.3 Å². The van der Waals surface area contributed by atoms with Crippen molar-refractivity contribution in [3.8, 4) is 11.5 Å². The number of hydrogen-bond donors (Lipinski definition) is 3. The van der Waals surface area contributed by atoms with Crippen LogP contribution in [-0.4, -0.2) is 110 Å². The molecule has 56 heavy (non-hydrogen) atoms. The molecule has 13 nitrogen and oxygen atoms in total. The minimum atomic E-state index is -0.905. The minimum Gasteiger partial charge on any atom is -0.486 e. The van der Waals surface area contributed by atoms with Gasteiger partial charge in [-0.15, -0.1) is 0 Å². The monoisotopic (exact) mass is 831 g/mol. The Balaban J connectivity index is 1.34. The van der Waals surface area contributed by atoms with Gasteiger partial charge in [0, 0.05) is 71.3 Å². The number of amides is 1. The number of ether oxygens (including phenoxy) is 2. The summed E-state index contributed by atoms with van der Waals surface area (Å²) in [6.07, 6.45) is 10.5.